The van der Waals surface area contributed by atoms with Gasteiger partial charge in [0.2, 0.25) is 0 Å². The van der Waals surface area contributed by atoms with Crippen molar-refractivity contribution >= 4 is 28.6 Å². The van der Waals surface area contributed by atoms with Gasteiger partial charge in [0.1, 0.15) is 0 Å². The summed E-state index contributed by atoms with van der Waals surface area (Å²) in [5.41, 5.74) is 2.00. The van der Waals surface area contributed by atoms with E-state index in [2.05, 4.69) is 27.8 Å². The zero-order valence-electron chi connectivity index (χ0n) is 11.6. The van der Waals surface area contributed by atoms with Gasteiger partial charge >= 0.3 is 0 Å². The molecule has 3 aromatic rings. The lowest BCUT2D eigenvalue weighted by atomic mass is 10.1. The molecular formula is C14H14ClN5S. The first kappa shape index (κ1) is 14.0. The molecule has 0 spiro atoms. The number of anilines is 1. The molecule has 21 heavy (non-hydrogen) atoms. The topological polar surface area (TPSA) is 55.6 Å². The SMILES string of the molecule is CC(Nc1cccc(-c2nnnn2C)c1)c1ccc(Cl)s1. The zero-order valence-corrected chi connectivity index (χ0v) is 13.2. The van der Waals surface area contributed by atoms with Crippen molar-refractivity contribution in [1.82, 2.24) is 20.2 Å². The van der Waals surface area contributed by atoms with E-state index in [-0.39, 0.29) is 6.04 Å². The molecule has 0 fully saturated rings. The molecule has 0 bridgehead atoms. The predicted molar refractivity (Wildman–Crippen MR) is 85.6 cm³/mol. The zero-order chi connectivity index (χ0) is 14.8. The van der Waals surface area contributed by atoms with Crippen molar-refractivity contribution in [3.8, 4) is 11.4 Å². The minimum Gasteiger partial charge on any atom is -0.378 e. The van der Waals surface area contributed by atoms with Crippen molar-refractivity contribution in [2.45, 2.75) is 13.0 Å². The number of aromatic nitrogens is 4. The number of nitrogens with one attached hydrogen (secondary N) is 1. The molecule has 3 rings (SSSR count). The lowest BCUT2D eigenvalue weighted by Crippen LogP contribution is -2.05. The average molecular weight is 320 g/mol. The normalized spacial score (nSPS) is 12.3. The molecular weight excluding hydrogens is 306 g/mol. The van der Waals surface area contributed by atoms with Crippen LogP contribution in [-0.2, 0) is 7.05 Å². The van der Waals surface area contributed by atoms with Gasteiger partial charge in [0.05, 0.1) is 10.4 Å². The Bertz CT molecular complexity index is 751. The molecule has 5 nitrogen and oxygen atoms in total. The molecule has 0 aliphatic rings. The van der Waals surface area contributed by atoms with Crippen molar-refractivity contribution < 1.29 is 0 Å². The second-order valence-corrected chi connectivity index (χ2v) is 6.46. The van der Waals surface area contributed by atoms with Crippen molar-refractivity contribution in [2.75, 3.05) is 5.32 Å². The van der Waals surface area contributed by atoms with Gasteiger partial charge in [-0.3, -0.25) is 0 Å². The highest BCUT2D eigenvalue weighted by Gasteiger charge is 2.10. The second-order valence-electron chi connectivity index (χ2n) is 4.71. The maximum Gasteiger partial charge on any atom is 0.181 e. The van der Waals surface area contributed by atoms with Gasteiger partial charge in [-0.1, -0.05) is 23.7 Å². The van der Waals surface area contributed by atoms with Gasteiger partial charge in [-0.05, 0) is 41.6 Å². The molecule has 0 aliphatic carbocycles. The molecule has 2 heterocycles. The first-order chi connectivity index (χ1) is 10.1. The van der Waals surface area contributed by atoms with Crippen LogP contribution in [0.5, 0.6) is 0 Å². The standard InChI is InChI=1S/C14H14ClN5S/c1-9(12-6-7-13(15)21-12)16-11-5-3-4-10(8-11)14-17-18-19-20(14)2/h3-9,16H,1-2H3. The van der Waals surface area contributed by atoms with E-state index in [1.54, 1.807) is 16.0 Å². The van der Waals surface area contributed by atoms with Gasteiger partial charge in [-0.15, -0.1) is 16.4 Å². The Morgan fingerprint density at radius 1 is 1.29 bits per heavy atom. The van der Waals surface area contributed by atoms with Gasteiger partial charge in [-0.2, -0.15) is 0 Å². The molecule has 1 N–H and O–H groups in total. The Kier molecular flexibility index (Phi) is 3.90. The molecule has 7 heteroatoms. The van der Waals surface area contributed by atoms with Gasteiger partial charge in [0.15, 0.2) is 5.82 Å². The second kappa shape index (κ2) is 5.83. The fourth-order valence-electron chi connectivity index (χ4n) is 2.10. The molecule has 0 saturated carbocycles. The number of halogens is 1. The number of aryl methyl sites for hydroxylation is 1. The van der Waals surface area contributed by atoms with Crippen LogP contribution in [-0.4, -0.2) is 20.2 Å². The van der Waals surface area contributed by atoms with E-state index in [1.807, 2.05) is 43.4 Å². The van der Waals surface area contributed by atoms with Crippen LogP contribution in [0.25, 0.3) is 11.4 Å². The minimum absolute atomic E-state index is 0.190. The molecule has 1 unspecified atom stereocenters. The molecule has 2 aromatic heterocycles. The quantitative estimate of drug-likeness (QED) is 0.795. The fraction of sp³-hybridized carbons (Fsp3) is 0.214. The van der Waals surface area contributed by atoms with Gasteiger partial charge in [-0.25, -0.2) is 4.68 Å². The summed E-state index contributed by atoms with van der Waals surface area (Å²) < 4.78 is 2.46. The summed E-state index contributed by atoms with van der Waals surface area (Å²) in [6.07, 6.45) is 0. The summed E-state index contributed by atoms with van der Waals surface area (Å²) in [6.45, 7) is 2.11. The maximum absolute atomic E-state index is 5.98. The Labute approximate surface area is 131 Å². The van der Waals surface area contributed by atoms with Crippen LogP contribution < -0.4 is 5.32 Å². The van der Waals surface area contributed by atoms with E-state index in [1.165, 1.54) is 4.88 Å². The minimum atomic E-state index is 0.190. The van der Waals surface area contributed by atoms with Crippen LogP contribution in [0.4, 0.5) is 5.69 Å². The average Bonchev–Trinajstić information content (AvgIpc) is 3.08. The van der Waals surface area contributed by atoms with E-state index in [0.717, 1.165) is 21.4 Å². The highest BCUT2D eigenvalue weighted by molar-refractivity contribution is 7.16. The number of nitrogens with zero attached hydrogens (tertiary/aromatic N) is 4. The number of hydrogen-bond donors (Lipinski definition) is 1. The number of thiophene rings is 1. The largest absolute Gasteiger partial charge is 0.378 e. The smallest absolute Gasteiger partial charge is 0.181 e. The Morgan fingerprint density at radius 3 is 2.81 bits per heavy atom. The summed E-state index contributed by atoms with van der Waals surface area (Å²) >= 11 is 7.57. The highest BCUT2D eigenvalue weighted by Crippen LogP contribution is 2.29. The summed E-state index contributed by atoms with van der Waals surface area (Å²) in [4.78, 5) is 1.20. The van der Waals surface area contributed by atoms with Crippen LogP contribution in [0.15, 0.2) is 36.4 Å². The maximum atomic E-state index is 5.98. The third-order valence-corrected chi connectivity index (χ3v) is 4.56. The van der Waals surface area contributed by atoms with Crippen molar-refractivity contribution in [3.63, 3.8) is 0 Å². The lowest BCUT2D eigenvalue weighted by Gasteiger charge is -2.14. The summed E-state index contributed by atoms with van der Waals surface area (Å²) in [5.74, 6) is 0.741. The molecule has 0 radical (unpaired) electrons. The molecule has 0 aliphatic heterocycles. The monoisotopic (exact) mass is 319 g/mol. The molecule has 1 atom stereocenters. The van der Waals surface area contributed by atoms with Crippen molar-refractivity contribution in [2.24, 2.45) is 7.05 Å². The first-order valence-electron chi connectivity index (χ1n) is 6.48. The van der Waals surface area contributed by atoms with E-state index < -0.39 is 0 Å². The summed E-state index contributed by atoms with van der Waals surface area (Å²) in [7, 11) is 1.83. The summed E-state index contributed by atoms with van der Waals surface area (Å²) in [6, 6.07) is 12.2. The Hall–Kier alpha value is -1.92. The number of rotatable bonds is 4. The van der Waals surface area contributed by atoms with E-state index in [9.17, 15) is 0 Å². The van der Waals surface area contributed by atoms with E-state index >= 15 is 0 Å². The Morgan fingerprint density at radius 2 is 2.14 bits per heavy atom. The van der Waals surface area contributed by atoms with E-state index in [4.69, 9.17) is 11.6 Å². The fourth-order valence-corrected chi connectivity index (χ4v) is 3.17. The van der Waals surface area contributed by atoms with Crippen LogP contribution in [0, 0.1) is 0 Å². The number of hydrogen-bond acceptors (Lipinski definition) is 5. The predicted octanol–water partition coefficient (Wildman–Crippen LogP) is 3.77. The van der Waals surface area contributed by atoms with Gasteiger partial charge in [0.25, 0.3) is 0 Å². The van der Waals surface area contributed by atoms with Crippen molar-refractivity contribution in [1.29, 1.82) is 0 Å². The third kappa shape index (κ3) is 3.06. The number of tetrazole rings is 1. The first-order valence-corrected chi connectivity index (χ1v) is 7.67. The van der Waals surface area contributed by atoms with Crippen LogP contribution in [0.3, 0.4) is 0 Å². The van der Waals surface area contributed by atoms with Gasteiger partial charge in [0, 0.05) is 23.2 Å². The molecule has 108 valence electrons. The molecule has 0 saturated heterocycles. The highest BCUT2D eigenvalue weighted by atomic mass is 35.5. The molecule has 0 amide bonds. The summed E-state index contributed by atoms with van der Waals surface area (Å²) in [5, 5.41) is 15.0. The van der Waals surface area contributed by atoms with Crippen LogP contribution in [0.2, 0.25) is 4.34 Å². The van der Waals surface area contributed by atoms with E-state index in [0.29, 0.717) is 0 Å². The Balaban J connectivity index is 1.82. The van der Waals surface area contributed by atoms with Gasteiger partial charge < -0.3 is 5.32 Å². The third-order valence-electron chi connectivity index (χ3n) is 3.14. The van der Waals surface area contributed by atoms with Crippen LogP contribution in [0.1, 0.15) is 17.8 Å². The lowest BCUT2D eigenvalue weighted by molar-refractivity contribution is 0.714. The van der Waals surface area contributed by atoms with Crippen molar-refractivity contribution in [3.05, 3.63) is 45.6 Å². The molecule has 1 aromatic carbocycles. The van der Waals surface area contributed by atoms with Crippen LogP contribution >= 0.6 is 22.9 Å². The number of benzene rings is 1.